The van der Waals surface area contributed by atoms with Crippen LogP contribution < -0.4 is 10.6 Å². The van der Waals surface area contributed by atoms with Gasteiger partial charge in [0.15, 0.2) is 5.82 Å². The summed E-state index contributed by atoms with van der Waals surface area (Å²) in [4.78, 5) is 6.73. The number of aromatic nitrogens is 3. The second-order valence-electron chi connectivity index (χ2n) is 5.30. The fourth-order valence-corrected chi connectivity index (χ4v) is 3.13. The SMILES string of the molecule is NCC1CCCN(c2n[nH]c(-c3ccc(Cl)cc3Cl)n2)C1. The Hall–Kier alpha value is -1.30. The second-order valence-corrected chi connectivity index (χ2v) is 6.14. The molecule has 1 atom stereocenters. The molecule has 0 bridgehead atoms. The maximum atomic E-state index is 6.20. The molecule has 0 amide bonds. The summed E-state index contributed by atoms with van der Waals surface area (Å²) in [6, 6.07) is 5.33. The number of hydrogen-bond acceptors (Lipinski definition) is 4. The van der Waals surface area contributed by atoms with E-state index >= 15 is 0 Å². The normalized spacial score (nSPS) is 19.0. The minimum Gasteiger partial charge on any atom is -0.339 e. The number of aromatic amines is 1. The summed E-state index contributed by atoms with van der Waals surface area (Å²) in [6.45, 7) is 2.57. The van der Waals surface area contributed by atoms with Crippen molar-refractivity contribution in [2.75, 3.05) is 24.5 Å². The molecule has 1 saturated heterocycles. The van der Waals surface area contributed by atoms with Crippen LogP contribution in [0.2, 0.25) is 10.0 Å². The van der Waals surface area contributed by atoms with E-state index in [0.717, 1.165) is 25.1 Å². The molecule has 1 unspecified atom stereocenters. The highest BCUT2D eigenvalue weighted by atomic mass is 35.5. The Balaban J connectivity index is 1.83. The van der Waals surface area contributed by atoms with Crippen molar-refractivity contribution in [1.82, 2.24) is 15.2 Å². The summed E-state index contributed by atoms with van der Waals surface area (Å²) in [6.07, 6.45) is 2.29. The van der Waals surface area contributed by atoms with Gasteiger partial charge in [0.1, 0.15) is 0 Å². The van der Waals surface area contributed by atoms with Crippen molar-refractivity contribution < 1.29 is 0 Å². The van der Waals surface area contributed by atoms with Gasteiger partial charge in [-0.15, -0.1) is 5.10 Å². The van der Waals surface area contributed by atoms with Crippen LogP contribution in [0.1, 0.15) is 12.8 Å². The number of rotatable bonds is 3. The maximum absolute atomic E-state index is 6.20. The van der Waals surface area contributed by atoms with Crippen LogP contribution in [0.4, 0.5) is 5.95 Å². The van der Waals surface area contributed by atoms with Gasteiger partial charge in [-0.2, -0.15) is 4.98 Å². The van der Waals surface area contributed by atoms with E-state index in [9.17, 15) is 0 Å². The monoisotopic (exact) mass is 325 g/mol. The highest BCUT2D eigenvalue weighted by molar-refractivity contribution is 6.36. The molecule has 0 saturated carbocycles. The van der Waals surface area contributed by atoms with E-state index in [1.807, 2.05) is 6.07 Å². The molecule has 21 heavy (non-hydrogen) atoms. The molecular formula is C14H17Cl2N5. The third-order valence-corrected chi connectivity index (χ3v) is 4.34. The van der Waals surface area contributed by atoms with Gasteiger partial charge in [0.25, 0.3) is 0 Å². The lowest BCUT2D eigenvalue weighted by Crippen LogP contribution is -2.38. The zero-order valence-electron chi connectivity index (χ0n) is 11.5. The first-order valence-electron chi connectivity index (χ1n) is 7.00. The Kier molecular flexibility index (Phi) is 4.33. The fraction of sp³-hybridized carbons (Fsp3) is 0.429. The molecule has 3 N–H and O–H groups in total. The predicted molar refractivity (Wildman–Crippen MR) is 85.8 cm³/mol. The van der Waals surface area contributed by atoms with Gasteiger partial charge < -0.3 is 10.6 Å². The molecule has 0 aliphatic carbocycles. The lowest BCUT2D eigenvalue weighted by atomic mass is 9.99. The van der Waals surface area contributed by atoms with E-state index in [4.69, 9.17) is 28.9 Å². The molecule has 0 spiro atoms. The largest absolute Gasteiger partial charge is 0.339 e. The number of piperidine rings is 1. The van der Waals surface area contributed by atoms with Crippen LogP contribution in [-0.4, -0.2) is 34.8 Å². The van der Waals surface area contributed by atoms with Crippen LogP contribution in [0.25, 0.3) is 11.4 Å². The molecule has 5 nitrogen and oxygen atoms in total. The molecule has 1 fully saturated rings. The molecule has 2 aromatic rings. The molecular weight excluding hydrogens is 309 g/mol. The van der Waals surface area contributed by atoms with Crippen LogP contribution in [0, 0.1) is 5.92 Å². The summed E-state index contributed by atoms with van der Waals surface area (Å²) < 4.78 is 0. The number of H-pyrrole nitrogens is 1. The minimum absolute atomic E-state index is 0.514. The third-order valence-electron chi connectivity index (χ3n) is 3.80. The van der Waals surface area contributed by atoms with E-state index in [0.29, 0.717) is 34.3 Å². The first-order chi connectivity index (χ1) is 10.2. The standard InChI is InChI=1S/C14H17Cl2N5/c15-10-3-4-11(12(16)6-10)13-18-14(20-19-13)21-5-1-2-9(7-17)8-21/h3-4,6,9H,1-2,5,7-8,17H2,(H,18,19,20). The highest BCUT2D eigenvalue weighted by Gasteiger charge is 2.22. The van der Waals surface area contributed by atoms with Crippen LogP contribution in [0.15, 0.2) is 18.2 Å². The van der Waals surface area contributed by atoms with E-state index in [2.05, 4.69) is 20.1 Å². The average Bonchev–Trinajstić information content (AvgIpc) is 2.97. The van der Waals surface area contributed by atoms with Gasteiger partial charge in [0, 0.05) is 23.7 Å². The summed E-state index contributed by atoms with van der Waals surface area (Å²) >= 11 is 12.1. The molecule has 3 rings (SSSR count). The van der Waals surface area contributed by atoms with Gasteiger partial charge in [-0.1, -0.05) is 23.2 Å². The molecule has 1 aliphatic heterocycles. The fourth-order valence-electron chi connectivity index (χ4n) is 2.64. The van der Waals surface area contributed by atoms with Crippen molar-refractivity contribution >= 4 is 29.2 Å². The van der Waals surface area contributed by atoms with E-state index in [1.54, 1.807) is 12.1 Å². The summed E-state index contributed by atoms with van der Waals surface area (Å²) in [5.41, 5.74) is 6.57. The van der Waals surface area contributed by atoms with Gasteiger partial charge in [0.2, 0.25) is 5.95 Å². The average molecular weight is 326 g/mol. The van der Waals surface area contributed by atoms with Crippen LogP contribution in [-0.2, 0) is 0 Å². The van der Waals surface area contributed by atoms with Gasteiger partial charge >= 0.3 is 0 Å². The summed E-state index contributed by atoms with van der Waals surface area (Å²) in [5, 5.41) is 8.42. The van der Waals surface area contributed by atoms with Gasteiger partial charge in [0.05, 0.1) is 5.02 Å². The van der Waals surface area contributed by atoms with Crippen molar-refractivity contribution in [3.05, 3.63) is 28.2 Å². The highest BCUT2D eigenvalue weighted by Crippen LogP contribution is 2.29. The number of benzene rings is 1. The topological polar surface area (TPSA) is 70.8 Å². The van der Waals surface area contributed by atoms with Gasteiger partial charge in [-0.3, -0.25) is 5.10 Å². The predicted octanol–water partition coefficient (Wildman–Crippen LogP) is 2.95. The van der Waals surface area contributed by atoms with Crippen molar-refractivity contribution in [1.29, 1.82) is 0 Å². The molecule has 0 radical (unpaired) electrons. The minimum atomic E-state index is 0.514. The lowest BCUT2D eigenvalue weighted by molar-refractivity contribution is 0.420. The van der Waals surface area contributed by atoms with Crippen molar-refractivity contribution in [3.8, 4) is 11.4 Å². The number of anilines is 1. The molecule has 112 valence electrons. The maximum Gasteiger partial charge on any atom is 0.245 e. The zero-order valence-corrected chi connectivity index (χ0v) is 13.0. The molecule has 7 heteroatoms. The van der Waals surface area contributed by atoms with Gasteiger partial charge in [-0.05, 0) is 43.5 Å². The smallest absolute Gasteiger partial charge is 0.245 e. The first-order valence-corrected chi connectivity index (χ1v) is 7.76. The van der Waals surface area contributed by atoms with Crippen LogP contribution >= 0.6 is 23.2 Å². The third kappa shape index (κ3) is 3.15. The number of hydrogen-bond donors (Lipinski definition) is 2. The number of halogens is 2. The van der Waals surface area contributed by atoms with Gasteiger partial charge in [-0.25, -0.2) is 0 Å². The van der Waals surface area contributed by atoms with Crippen molar-refractivity contribution in [2.45, 2.75) is 12.8 Å². The number of nitrogens with one attached hydrogen (secondary N) is 1. The molecule has 1 aromatic heterocycles. The number of nitrogens with zero attached hydrogens (tertiary/aromatic N) is 3. The Morgan fingerprint density at radius 3 is 3.00 bits per heavy atom. The van der Waals surface area contributed by atoms with E-state index in [1.165, 1.54) is 6.42 Å². The Bertz CT molecular complexity index is 628. The van der Waals surface area contributed by atoms with Crippen molar-refractivity contribution in [3.63, 3.8) is 0 Å². The van der Waals surface area contributed by atoms with E-state index in [-0.39, 0.29) is 0 Å². The molecule has 2 heterocycles. The van der Waals surface area contributed by atoms with Crippen molar-refractivity contribution in [2.24, 2.45) is 11.7 Å². The van der Waals surface area contributed by atoms with Crippen LogP contribution in [0.3, 0.4) is 0 Å². The lowest BCUT2D eigenvalue weighted by Gasteiger charge is -2.31. The van der Waals surface area contributed by atoms with E-state index < -0.39 is 0 Å². The number of nitrogens with two attached hydrogens (primary N) is 1. The Morgan fingerprint density at radius 2 is 2.24 bits per heavy atom. The first kappa shape index (κ1) is 14.6. The summed E-state index contributed by atoms with van der Waals surface area (Å²) in [7, 11) is 0. The second kappa shape index (κ2) is 6.22. The van der Waals surface area contributed by atoms with Crippen LogP contribution in [0.5, 0.6) is 0 Å². The quantitative estimate of drug-likeness (QED) is 0.910. The summed E-state index contributed by atoms with van der Waals surface area (Å²) in [5.74, 6) is 1.87. The Labute approximate surface area is 133 Å². The Morgan fingerprint density at radius 1 is 1.38 bits per heavy atom. The molecule has 1 aromatic carbocycles. The zero-order chi connectivity index (χ0) is 14.8. The molecule has 1 aliphatic rings.